The van der Waals surface area contributed by atoms with Crippen LogP contribution in [0.3, 0.4) is 0 Å². The summed E-state index contributed by atoms with van der Waals surface area (Å²) in [5.74, 6) is -0.562. The van der Waals surface area contributed by atoms with Crippen molar-refractivity contribution < 1.29 is 24.2 Å². The van der Waals surface area contributed by atoms with Gasteiger partial charge in [0.15, 0.2) is 11.5 Å². The summed E-state index contributed by atoms with van der Waals surface area (Å²) in [6, 6.07) is 10.8. The molecule has 156 valence electrons. The van der Waals surface area contributed by atoms with Gasteiger partial charge in [0.25, 0.3) is 5.91 Å². The second kappa shape index (κ2) is 9.82. The van der Waals surface area contributed by atoms with Gasteiger partial charge in [-0.05, 0) is 41.5 Å². The van der Waals surface area contributed by atoms with Crippen LogP contribution in [0.25, 0.3) is 6.08 Å². The first kappa shape index (κ1) is 22.6. The SMILES string of the molecule is COc1cc(C=C2SC(=S)N(CC(=O)O)C2=O)c(Br)cc1OCc1ccc(Cl)cc1. The summed E-state index contributed by atoms with van der Waals surface area (Å²) in [5, 5.41) is 9.60. The molecule has 30 heavy (non-hydrogen) atoms. The van der Waals surface area contributed by atoms with Crippen LogP contribution in [-0.2, 0) is 16.2 Å². The monoisotopic (exact) mass is 527 g/mol. The third-order valence-corrected chi connectivity index (χ3v) is 6.36. The molecule has 2 aromatic carbocycles. The number of ether oxygens (including phenoxy) is 2. The number of methoxy groups -OCH3 is 1. The number of hydrogen-bond donors (Lipinski definition) is 1. The van der Waals surface area contributed by atoms with Crippen LogP contribution in [0.2, 0.25) is 5.02 Å². The van der Waals surface area contributed by atoms with Crippen LogP contribution in [0.15, 0.2) is 45.8 Å². The van der Waals surface area contributed by atoms with Crippen molar-refractivity contribution in [2.75, 3.05) is 13.7 Å². The van der Waals surface area contributed by atoms with Crippen LogP contribution in [0.5, 0.6) is 11.5 Å². The highest BCUT2D eigenvalue weighted by molar-refractivity contribution is 9.10. The molecule has 1 N–H and O–H groups in total. The Morgan fingerprint density at radius 2 is 2.00 bits per heavy atom. The number of hydrogen-bond acceptors (Lipinski definition) is 6. The van der Waals surface area contributed by atoms with Crippen LogP contribution in [0.4, 0.5) is 0 Å². The third kappa shape index (κ3) is 5.34. The summed E-state index contributed by atoms with van der Waals surface area (Å²) in [7, 11) is 1.52. The molecule has 0 unspecified atom stereocenters. The topological polar surface area (TPSA) is 76.1 Å². The summed E-state index contributed by atoms with van der Waals surface area (Å²) in [5.41, 5.74) is 1.62. The van der Waals surface area contributed by atoms with Crippen LogP contribution in [0.1, 0.15) is 11.1 Å². The fraction of sp³-hybridized carbons (Fsp3) is 0.150. The second-order valence-corrected chi connectivity index (χ2v) is 9.07. The third-order valence-electron chi connectivity index (χ3n) is 4.04. The Morgan fingerprint density at radius 3 is 2.63 bits per heavy atom. The molecule has 0 radical (unpaired) electrons. The largest absolute Gasteiger partial charge is 0.493 e. The molecule has 0 atom stereocenters. The molecule has 0 spiro atoms. The molecular formula is C20H15BrClNO5S2. The Balaban J connectivity index is 1.82. The fourth-order valence-corrected chi connectivity index (χ4v) is 4.40. The zero-order valence-electron chi connectivity index (χ0n) is 15.6. The zero-order chi connectivity index (χ0) is 21.8. The predicted octanol–water partition coefficient (Wildman–Crippen LogP) is 4.98. The smallest absolute Gasteiger partial charge is 0.323 e. The van der Waals surface area contributed by atoms with Gasteiger partial charge in [0.2, 0.25) is 0 Å². The Bertz CT molecular complexity index is 1040. The number of thiocarbonyl (C=S) groups is 1. The lowest BCUT2D eigenvalue weighted by Gasteiger charge is -2.13. The quantitative estimate of drug-likeness (QED) is 0.401. The number of benzene rings is 2. The van der Waals surface area contributed by atoms with Crippen LogP contribution >= 0.6 is 51.5 Å². The van der Waals surface area contributed by atoms with Crippen LogP contribution in [0, 0.1) is 0 Å². The number of carboxylic acids is 1. The maximum Gasteiger partial charge on any atom is 0.323 e. The van der Waals surface area contributed by atoms with E-state index in [0.29, 0.717) is 38.1 Å². The molecule has 1 fully saturated rings. The van der Waals surface area contributed by atoms with E-state index in [4.69, 9.17) is 38.4 Å². The van der Waals surface area contributed by atoms with E-state index >= 15 is 0 Å². The molecule has 0 bridgehead atoms. The van der Waals surface area contributed by atoms with Crippen molar-refractivity contribution in [2.45, 2.75) is 6.61 Å². The molecule has 1 heterocycles. The molecule has 1 amide bonds. The molecule has 10 heteroatoms. The lowest BCUT2D eigenvalue weighted by Crippen LogP contribution is -2.33. The molecule has 0 aliphatic carbocycles. The van der Waals surface area contributed by atoms with E-state index in [0.717, 1.165) is 22.2 Å². The number of amides is 1. The van der Waals surface area contributed by atoms with Gasteiger partial charge in [0, 0.05) is 9.50 Å². The van der Waals surface area contributed by atoms with Gasteiger partial charge >= 0.3 is 5.97 Å². The molecule has 3 rings (SSSR count). The Morgan fingerprint density at radius 1 is 1.30 bits per heavy atom. The summed E-state index contributed by atoms with van der Waals surface area (Å²) < 4.78 is 12.2. The van der Waals surface area contributed by atoms with Crippen molar-refractivity contribution in [3.63, 3.8) is 0 Å². The number of halogens is 2. The lowest BCUT2D eigenvalue weighted by molar-refractivity contribution is -0.140. The van der Waals surface area contributed by atoms with Gasteiger partial charge in [0.05, 0.1) is 12.0 Å². The number of carbonyl (C=O) groups excluding carboxylic acids is 1. The van der Waals surface area contributed by atoms with Crippen molar-refractivity contribution in [2.24, 2.45) is 0 Å². The van der Waals surface area contributed by atoms with Gasteiger partial charge in [0.1, 0.15) is 17.5 Å². The van der Waals surface area contributed by atoms with E-state index in [1.807, 2.05) is 12.1 Å². The van der Waals surface area contributed by atoms with Gasteiger partial charge in [-0.25, -0.2) is 0 Å². The first-order chi connectivity index (χ1) is 14.3. The highest BCUT2D eigenvalue weighted by atomic mass is 79.9. The molecular weight excluding hydrogens is 514 g/mol. The zero-order valence-corrected chi connectivity index (χ0v) is 19.5. The van der Waals surface area contributed by atoms with Crippen molar-refractivity contribution in [1.82, 2.24) is 4.90 Å². The number of carbonyl (C=O) groups is 2. The minimum absolute atomic E-state index is 0.208. The average molecular weight is 529 g/mol. The highest BCUT2D eigenvalue weighted by Gasteiger charge is 2.33. The standard InChI is InChI=1S/C20H15BrClNO5S2/c1-27-15-6-12(7-17-19(26)23(9-18(24)25)20(29)30-17)14(21)8-16(15)28-10-11-2-4-13(22)5-3-11/h2-8H,9-10H2,1H3,(H,24,25). The van der Waals surface area contributed by atoms with E-state index < -0.39 is 18.4 Å². The minimum Gasteiger partial charge on any atom is -0.493 e. The second-order valence-electron chi connectivity index (χ2n) is 6.10. The van der Waals surface area contributed by atoms with E-state index in [1.165, 1.54) is 7.11 Å². The fourth-order valence-electron chi connectivity index (χ4n) is 2.59. The van der Waals surface area contributed by atoms with Crippen molar-refractivity contribution >= 4 is 73.8 Å². The molecule has 2 aromatic rings. The van der Waals surface area contributed by atoms with Crippen molar-refractivity contribution in [1.29, 1.82) is 0 Å². The van der Waals surface area contributed by atoms with Gasteiger partial charge in [-0.3, -0.25) is 14.5 Å². The van der Waals surface area contributed by atoms with E-state index in [-0.39, 0.29) is 4.32 Å². The van der Waals surface area contributed by atoms with Crippen molar-refractivity contribution in [3.8, 4) is 11.5 Å². The normalized spacial score (nSPS) is 15.0. The molecule has 1 saturated heterocycles. The number of aliphatic carboxylic acids is 1. The summed E-state index contributed by atoms with van der Waals surface area (Å²) in [6.45, 7) is -0.142. The maximum absolute atomic E-state index is 12.5. The first-order valence-electron chi connectivity index (χ1n) is 8.50. The molecule has 0 saturated carbocycles. The lowest BCUT2D eigenvalue weighted by atomic mass is 10.1. The van der Waals surface area contributed by atoms with Crippen LogP contribution < -0.4 is 9.47 Å². The number of rotatable bonds is 7. The van der Waals surface area contributed by atoms with Gasteiger partial charge in [-0.1, -0.05) is 63.6 Å². The summed E-state index contributed by atoms with van der Waals surface area (Å²) >= 11 is 15.6. The van der Waals surface area contributed by atoms with E-state index in [9.17, 15) is 9.59 Å². The highest BCUT2D eigenvalue weighted by Crippen LogP contribution is 2.38. The number of carboxylic acid groups (broad SMARTS) is 1. The van der Waals surface area contributed by atoms with Gasteiger partial charge < -0.3 is 14.6 Å². The molecule has 1 aliphatic heterocycles. The van der Waals surface area contributed by atoms with Gasteiger partial charge in [-0.15, -0.1) is 0 Å². The number of nitrogens with zero attached hydrogens (tertiary/aromatic N) is 1. The maximum atomic E-state index is 12.5. The minimum atomic E-state index is -1.13. The van der Waals surface area contributed by atoms with Gasteiger partial charge in [-0.2, -0.15) is 0 Å². The average Bonchev–Trinajstić information content (AvgIpc) is 2.96. The molecule has 1 aliphatic rings. The summed E-state index contributed by atoms with van der Waals surface area (Å²) in [4.78, 5) is 24.8. The molecule has 6 nitrogen and oxygen atoms in total. The van der Waals surface area contributed by atoms with Crippen LogP contribution in [-0.4, -0.2) is 39.9 Å². The Kier molecular flexibility index (Phi) is 7.41. The Hall–Kier alpha value is -2.07. The number of thioether (sulfide) groups is 1. The predicted molar refractivity (Wildman–Crippen MR) is 124 cm³/mol. The van der Waals surface area contributed by atoms with Crippen molar-refractivity contribution in [3.05, 3.63) is 61.9 Å². The van der Waals surface area contributed by atoms with E-state index in [2.05, 4.69) is 15.9 Å². The first-order valence-corrected chi connectivity index (χ1v) is 10.9. The van der Waals surface area contributed by atoms with E-state index in [1.54, 1.807) is 30.3 Å². The molecule has 0 aromatic heterocycles. The summed E-state index contributed by atoms with van der Waals surface area (Å²) in [6.07, 6.45) is 1.64. The Labute approximate surface area is 195 Å².